The maximum atomic E-state index is 11.4. The SMILES string of the molecule is CN(CCCc1ccc(N)cc1)C1CCS(=O)(=O)C1. The molecule has 1 fully saturated rings. The monoisotopic (exact) mass is 282 g/mol. The topological polar surface area (TPSA) is 63.4 Å². The molecular weight excluding hydrogens is 260 g/mol. The summed E-state index contributed by atoms with van der Waals surface area (Å²) in [7, 11) is -0.756. The van der Waals surface area contributed by atoms with Gasteiger partial charge in [0.2, 0.25) is 0 Å². The zero-order valence-corrected chi connectivity index (χ0v) is 12.2. The quantitative estimate of drug-likeness (QED) is 0.827. The van der Waals surface area contributed by atoms with E-state index in [4.69, 9.17) is 5.73 Å². The normalized spacial score (nSPS) is 21.9. The number of nitrogens with zero attached hydrogens (tertiary/aromatic N) is 1. The lowest BCUT2D eigenvalue weighted by atomic mass is 10.1. The molecule has 5 heteroatoms. The molecule has 0 radical (unpaired) electrons. The fourth-order valence-electron chi connectivity index (χ4n) is 2.52. The molecule has 1 atom stereocenters. The van der Waals surface area contributed by atoms with Crippen LogP contribution in [0.5, 0.6) is 0 Å². The number of rotatable bonds is 5. The highest BCUT2D eigenvalue weighted by molar-refractivity contribution is 7.91. The molecule has 2 N–H and O–H groups in total. The van der Waals surface area contributed by atoms with Crippen LogP contribution >= 0.6 is 0 Å². The molecule has 0 spiro atoms. The molecule has 1 unspecified atom stereocenters. The summed E-state index contributed by atoms with van der Waals surface area (Å²) in [6.07, 6.45) is 2.82. The molecule has 1 aliphatic rings. The molecule has 0 aliphatic carbocycles. The third kappa shape index (κ3) is 4.21. The van der Waals surface area contributed by atoms with E-state index in [0.717, 1.165) is 31.5 Å². The Morgan fingerprint density at radius 2 is 2.00 bits per heavy atom. The molecule has 0 aromatic heterocycles. The number of nitrogen functional groups attached to an aromatic ring is 1. The third-order valence-electron chi connectivity index (χ3n) is 3.79. The number of nitrogens with two attached hydrogens (primary N) is 1. The van der Waals surface area contributed by atoms with Gasteiger partial charge < -0.3 is 10.6 Å². The molecule has 1 aromatic rings. The van der Waals surface area contributed by atoms with Crippen molar-refractivity contribution in [1.29, 1.82) is 0 Å². The van der Waals surface area contributed by atoms with Crippen LogP contribution in [0.15, 0.2) is 24.3 Å². The molecule has 4 nitrogen and oxygen atoms in total. The van der Waals surface area contributed by atoms with Gasteiger partial charge in [-0.1, -0.05) is 12.1 Å². The summed E-state index contributed by atoms with van der Waals surface area (Å²) in [5.41, 5.74) is 7.71. The number of hydrogen-bond donors (Lipinski definition) is 1. The molecule has 0 amide bonds. The van der Waals surface area contributed by atoms with Crippen molar-refractivity contribution in [2.45, 2.75) is 25.3 Å². The van der Waals surface area contributed by atoms with Gasteiger partial charge in [-0.3, -0.25) is 0 Å². The van der Waals surface area contributed by atoms with Crippen molar-refractivity contribution in [3.05, 3.63) is 29.8 Å². The first-order valence-electron chi connectivity index (χ1n) is 6.71. The van der Waals surface area contributed by atoms with Crippen molar-refractivity contribution >= 4 is 15.5 Å². The lowest BCUT2D eigenvalue weighted by Crippen LogP contribution is -2.33. The average molecular weight is 282 g/mol. The van der Waals surface area contributed by atoms with Crippen molar-refractivity contribution < 1.29 is 8.42 Å². The molecule has 0 saturated carbocycles. The minimum Gasteiger partial charge on any atom is -0.399 e. The summed E-state index contributed by atoms with van der Waals surface area (Å²) in [5.74, 6) is 0.672. The Balaban J connectivity index is 1.75. The van der Waals surface area contributed by atoms with Crippen molar-refractivity contribution in [3.63, 3.8) is 0 Å². The van der Waals surface area contributed by atoms with Crippen LogP contribution in [0.4, 0.5) is 5.69 Å². The van der Waals surface area contributed by atoms with E-state index in [1.54, 1.807) is 0 Å². The van der Waals surface area contributed by atoms with Crippen LogP contribution in [0.3, 0.4) is 0 Å². The van der Waals surface area contributed by atoms with Crippen LogP contribution in [0.25, 0.3) is 0 Å². The lowest BCUT2D eigenvalue weighted by molar-refractivity contribution is 0.259. The largest absolute Gasteiger partial charge is 0.399 e. The number of aryl methyl sites for hydroxylation is 1. The number of anilines is 1. The fraction of sp³-hybridized carbons (Fsp3) is 0.571. The van der Waals surface area contributed by atoms with Crippen molar-refractivity contribution in [3.8, 4) is 0 Å². The zero-order chi connectivity index (χ0) is 13.9. The predicted molar refractivity (Wildman–Crippen MR) is 78.9 cm³/mol. The van der Waals surface area contributed by atoms with Crippen LogP contribution in [0.2, 0.25) is 0 Å². The summed E-state index contributed by atoms with van der Waals surface area (Å²) in [5, 5.41) is 0. The van der Waals surface area contributed by atoms with Crippen LogP contribution in [-0.2, 0) is 16.3 Å². The Morgan fingerprint density at radius 1 is 1.32 bits per heavy atom. The number of sulfone groups is 1. The first-order valence-corrected chi connectivity index (χ1v) is 8.53. The van der Waals surface area contributed by atoms with Crippen molar-refractivity contribution in [2.24, 2.45) is 0 Å². The molecule has 19 heavy (non-hydrogen) atoms. The molecule has 1 aliphatic heterocycles. The maximum absolute atomic E-state index is 11.4. The van der Waals surface area contributed by atoms with Crippen molar-refractivity contribution in [2.75, 3.05) is 30.8 Å². The lowest BCUT2D eigenvalue weighted by Gasteiger charge is -2.22. The van der Waals surface area contributed by atoms with E-state index < -0.39 is 9.84 Å². The highest BCUT2D eigenvalue weighted by Gasteiger charge is 2.30. The summed E-state index contributed by atoms with van der Waals surface area (Å²) in [4.78, 5) is 2.18. The van der Waals surface area contributed by atoms with Gasteiger partial charge in [-0.25, -0.2) is 8.42 Å². The molecule has 0 bridgehead atoms. The minimum atomic E-state index is -2.78. The van der Waals surface area contributed by atoms with Gasteiger partial charge in [-0.15, -0.1) is 0 Å². The van der Waals surface area contributed by atoms with Gasteiger partial charge >= 0.3 is 0 Å². The summed E-state index contributed by atoms with van der Waals surface area (Å²) < 4.78 is 22.9. The first-order chi connectivity index (χ1) is 8.96. The molecule has 106 valence electrons. The predicted octanol–water partition coefficient (Wildman–Crippen LogP) is 1.32. The maximum Gasteiger partial charge on any atom is 0.151 e. The van der Waals surface area contributed by atoms with Gasteiger partial charge in [-0.05, 0) is 50.6 Å². The van der Waals surface area contributed by atoms with Crippen LogP contribution in [0.1, 0.15) is 18.4 Å². The molecule has 1 saturated heterocycles. The summed E-state index contributed by atoms with van der Waals surface area (Å²) in [6, 6.07) is 8.15. The van der Waals surface area contributed by atoms with Crippen LogP contribution < -0.4 is 5.73 Å². The highest BCUT2D eigenvalue weighted by Crippen LogP contribution is 2.17. The molecular formula is C14H22N2O2S. The Morgan fingerprint density at radius 3 is 2.58 bits per heavy atom. The van der Waals surface area contributed by atoms with Gasteiger partial charge in [-0.2, -0.15) is 0 Å². The Bertz CT molecular complexity index is 511. The van der Waals surface area contributed by atoms with Gasteiger partial charge in [0.05, 0.1) is 11.5 Å². The second-order valence-electron chi connectivity index (χ2n) is 5.38. The Labute approximate surface area is 115 Å². The van der Waals surface area contributed by atoms with Gasteiger partial charge in [0.25, 0.3) is 0 Å². The van der Waals surface area contributed by atoms with E-state index >= 15 is 0 Å². The first kappa shape index (κ1) is 14.3. The standard InChI is InChI=1S/C14H22N2O2S/c1-16(14-8-10-19(17,18)11-14)9-2-3-12-4-6-13(15)7-5-12/h4-7,14H,2-3,8-11,15H2,1H3. The van der Waals surface area contributed by atoms with E-state index in [2.05, 4.69) is 17.0 Å². The zero-order valence-electron chi connectivity index (χ0n) is 11.4. The summed E-state index contributed by atoms with van der Waals surface area (Å²) in [6.45, 7) is 0.935. The van der Waals surface area contributed by atoms with E-state index in [9.17, 15) is 8.42 Å². The van der Waals surface area contributed by atoms with E-state index in [0.29, 0.717) is 11.5 Å². The third-order valence-corrected chi connectivity index (χ3v) is 5.54. The Hall–Kier alpha value is -1.07. The molecule has 1 heterocycles. The smallest absolute Gasteiger partial charge is 0.151 e. The average Bonchev–Trinajstić information content (AvgIpc) is 2.72. The van der Waals surface area contributed by atoms with Gasteiger partial charge in [0, 0.05) is 11.7 Å². The van der Waals surface area contributed by atoms with E-state index in [1.807, 2.05) is 19.2 Å². The van der Waals surface area contributed by atoms with Gasteiger partial charge in [0.1, 0.15) is 0 Å². The van der Waals surface area contributed by atoms with Crippen molar-refractivity contribution in [1.82, 2.24) is 4.90 Å². The number of hydrogen-bond acceptors (Lipinski definition) is 4. The Kier molecular flexibility index (Phi) is 4.47. The van der Waals surface area contributed by atoms with Crippen LogP contribution in [0, 0.1) is 0 Å². The fourth-order valence-corrected chi connectivity index (χ4v) is 4.33. The second-order valence-corrected chi connectivity index (χ2v) is 7.61. The molecule has 1 aromatic carbocycles. The minimum absolute atomic E-state index is 0.205. The number of benzene rings is 1. The summed E-state index contributed by atoms with van der Waals surface area (Å²) >= 11 is 0. The van der Waals surface area contributed by atoms with Gasteiger partial charge in [0.15, 0.2) is 9.84 Å². The second kappa shape index (κ2) is 5.92. The molecule has 2 rings (SSSR count). The highest BCUT2D eigenvalue weighted by atomic mass is 32.2. The van der Waals surface area contributed by atoms with E-state index in [-0.39, 0.29) is 6.04 Å². The van der Waals surface area contributed by atoms with Crippen LogP contribution in [-0.4, -0.2) is 44.5 Å². The van der Waals surface area contributed by atoms with E-state index in [1.165, 1.54) is 5.56 Å².